The minimum Gasteiger partial charge on any atom is -0.356 e. The van der Waals surface area contributed by atoms with Crippen molar-refractivity contribution in [3.05, 3.63) is 38.5 Å². The third-order valence-electron chi connectivity index (χ3n) is 3.39. The van der Waals surface area contributed by atoms with Crippen LogP contribution in [0.5, 0.6) is 0 Å². The molecule has 9 heteroatoms. The van der Waals surface area contributed by atoms with Gasteiger partial charge in [0.25, 0.3) is 0 Å². The van der Waals surface area contributed by atoms with Crippen molar-refractivity contribution >= 4 is 28.6 Å². The molecule has 2 heterocycles. The van der Waals surface area contributed by atoms with Crippen LogP contribution in [0, 0.1) is 0 Å². The number of hydrogen-bond donors (Lipinski definition) is 2. The van der Waals surface area contributed by atoms with Gasteiger partial charge in [0.15, 0.2) is 11.7 Å². The van der Waals surface area contributed by atoms with Gasteiger partial charge in [-0.1, -0.05) is 6.92 Å². The zero-order valence-electron chi connectivity index (χ0n) is 13.4. The number of alkyl halides is 3. The van der Waals surface area contributed by atoms with Crippen molar-refractivity contribution in [1.82, 2.24) is 15.6 Å². The number of halogens is 3. The van der Waals surface area contributed by atoms with Gasteiger partial charge in [-0.25, -0.2) is 4.98 Å². The average molecular weight is 376 g/mol. The first-order valence-corrected chi connectivity index (χ1v) is 9.20. The van der Waals surface area contributed by atoms with Gasteiger partial charge < -0.3 is 10.6 Å². The second-order valence-electron chi connectivity index (χ2n) is 5.21. The summed E-state index contributed by atoms with van der Waals surface area (Å²) in [5.41, 5.74) is 0.444. The molecule has 0 fully saturated rings. The predicted molar refractivity (Wildman–Crippen MR) is 92.9 cm³/mol. The Hall–Kier alpha value is -1.61. The molecule has 0 spiro atoms. The molecule has 0 bridgehead atoms. The molecule has 2 N–H and O–H groups in total. The Morgan fingerprint density at radius 2 is 2.12 bits per heavy atom. The van der Waals surface area contributed by atoms with Crippen molar-refractivity contribution in [2.45, 2.75) is 25.4 Å². The zero-order valence-corrected chi connectivity index (χ0v) is 15.0. The van der Waals surface area contributed by atoms with E-state index in [0.717, 1.165) is 23.3 Å². The molecule has 2 rings (SSSR count). The van der Waals surface area contributed by atoms with Crippen LogP contribution in [0.15, 0.2) is 27.2 Å². The highest BCUT2D eigenvalue weighted by Gasteiger charge is 2.33. The lowest BCUT2D eigenvalue weighted by atomic mass is 10.1. The molecule has 0 aliphatic heterocycles. The maximum atomic E-state index is 12.5. The van der Waals surface area contributed by atoms with Gasteiger partial charge in [-0.2, -0.15) is 24.5 Å². The summed E-state index contributed by atoms with van der Waals surface area (Å²) < 4.78 is 37.5. The zero-order chi connectivity index (χ0) is 17.6. The van der Waals surface area contributed by atoms with E-state index in [-0.39, 0.29) is 0 Å². The lowest BCUT2D eigenvalue weighted by Crippen LogP contribution is -2.39. The van der Waals surface area contributed by atoms with Crippen molar-refractivity contribution < 1.29 is 13.2 Å². The fraction of sp³-hybridized carbons (Fsp3) is 0.467. The van der Waals surface area contributed by atoms with E-state index in [0.29, 0.717) is 29.9 Å². The number of nitrogens with one attached hydrogen (secondary N) is 2. The number of rotatable bonds is 6. The molecule has 0 saturated heterocycles. The molecule has 0 saturated carbocycles. The summed E-state index contributed by atoms with van der Waals surface area (Å²) in [6, 6.07) is 2.09. The Kier molecular flexibility index (Phi) is 6.61. The molecule has 0 aliphatic rings. The molecule has 4 nitrogen and oxygen atoms in total. The van der Waals surface area contributed by atoms with Crippen LogP contribution in [0.3, 0.4) is 0 Å². The van der Waals surface area contributed by atoms with Crippen LogP contribution < -0.4 is 10.6 Å². The SMILES string of the molecule is CN=C(NCCc1nc(C(F)(F)F)cs1)NCC(C)c1ccsc1. The summed E-state index contributed by atoms with van der Waals surface area (Å²) in [5.74, 6) is 0.979. The molecule has 0 aromatic carbocycles. The molecule has 2 aromatic rings. The maximum Gasteiger partial charge on any atom is 0.434 e. The molecular weight excluding hydrogens is 357 g/mol. The van der Waals surface area contributed by atoms with Gasteiger partial charge >= 0.3 is 6.18 Å². The normalized spacial score (nSPS) is 13.8. The van der Waals surface area contributed by atoms with E-state index >= 15 is 0 Å². The highest BCUT2D eigenvalue weighted by molar-refractivity contribution is 7.09. The summed E-state index contributed by atoms with van der Waals surface area (Å²) in [7, 11) is 1.66. The Morgan fingerprint density at radius 3 is 2.71 bits per heavy atom. The molecular formula is C15H19F3N4S2. The van der Waals surface area contributed by atoms with Crippen molar-refractivity contribution in [3.8, 4) is 0 Å². The summed E-state index contributed by atoms with van der Waals surface area (Å²) in [4.78, 5) is 7.72. The lowest BCUT2D eigenvalue weighted by molar-refractivity contribution is -0.140. The second kappa shape index (κ2) is 8.48. The van der Waals surface area contributed by atoms with Crippen molar-refractivity contribution in [3.63, 3.8) is 0 Å². The first-order chi connectivity index (χ1) is 11.4. The predicted octanol–water partition coefficient (Wildman–Crippen LogP) is 3.73. The van der Waals surface area contributed by atoms with E-state index in [2.05, 4.69) is 39.0 Å². The fourth-order valence-corrected chi connectivity index (χ4v) is 3.57. The number of aliphatic imine (C=N–C) groups is 1. The summed E-state index contributed by atoms with van der Waals surface area (Å²) in [6.45, 7) is 3.32. The van der Waals surface area contributed by atoms with Crippen LogP contribution in [-0.2, 0) is 12.6 Å². The average Bonchev–Trinajstić information content (AvgIpc) is 3.20. The molecule has 24 heavy (non-hydrogen) atoms. The summed E-state index contributed by atoms with van der Waals surface area (Å²) in [5, 5.41) is 12.0. The van der Waals surface area contributed by atoms with Crippen LogP contribution in [0.4, 0.5) is 13.2 Å². The first-order valence-electron chi connectivity index (χ1n) is 7.38. The fourth-order valence-electron chi connectivity index (χ4n) is 1.99. The number of thiophene rings is 1. The Labute approximate surface area is 146 Å². The Bertz CT molecular complexity index is 650. The summed E-state index contributed by atoms with van der Waals surface area (Å²) >= 11 is 2.69. The van der Waals surface area contributed by atoms with E-state index in [4.69, 9.17) is 0 Å². The van der Waals surface area contributed by atoms with Crippen LogP contribution >= 0.6 is 22.7 Å². The lowest BCUT2D eigenvalue weighted by Gasteiger charge is -2.15. The minimum absolute atomic E-state index is 0.350. The van der Waals surface area contributed by atoms with Crippen LogP contribution in [-0.4, -0.2) is 31.1 Å². The topological polar surface area (TPSA) is 49.3 Å². The smallest absolute Gasteiger partial charge is 0.356 e. The number of thiazole rings is 1. The van der Waals surface area contributed by atoms with Gasteiger partial charge in [0.05, 0.1) is 5.01 Å². The van der Waals surface area contributed by atoms with Crippen LogP contribution in [0.2, 0.25) is 0 Å². The molecule has 0 amide bonds. The van der Waals surface area contributed by atoms with E-state index in [9.17, 15) is 13.2 Å². The van der Waals surface area contributed by atoms with Gasteiger partial charge in [0, 0.05) is 31.9 Å². The van der Waals surface area contributed by atoms with Gasteiger partial charge in [0.2, 0.25) is 0 Å². The standard InChI is InChI=1S/C15H19F3N4S2/c1-10(11-4-6-23-8-11)7-21-14(19-2)20-5-3-13-22-12(9-24-13)15(16,17)18/h4,6,8-10H,3,5,7H2,1-2H3,(H2,19,20,21). The molecule has 2 aromatic heterocycles. The van der Waals surface area contributed by atoms with Crippen molar-refractivity contribution in [2.24, 2.45) is 4.99 Å². The number of nitrogens with zero attached hydrogens (tertiary/aromatic N) is 2. The summed E-state index contributed by atoms with van der Waals surface area (Å²) in [6.07, 6.45) is -3.96. The van der Waals surface area contributed by atoms with Gasteiger partial charge in [-0.15, -0.1) is 11.3 Å². The quantitative estimate of drug-likeness (QED) is 0.597. The van der Waals surface area contributed by atoms with Gasteiger partial charge in [-0.3, -0.25) is 4.99 Å². The van der Waals surface area contributed by atoms with E-state index in [1.807, 2.05) is 5.38 Å². The van der Waals surface area contributed by atoms with Crippen LogP contribution in [0.1, 0.15) is 29.1 Å². The van der Waals surface area contributed by atoms with E-state index in [1.165, 1.54) is 5.56 Å². The largest absolute Gasteiger partial charge is 0.434 e. The second-order valence-corrected chi connectivity index (χ2v) is 6.93. The third kappa shape index (κ3) is 5.48. The highest BCUT2D eigenvalue weighted by Crippen LogP contribution is 2.30. The maximum absolute atomic E-state index is 12.5. The highest BCUT2D eigenvalue weighted by atomic mass is 32.1. The molecule has 1 unspecified atom stereocenters. The Balaban J connectivity index is 1.75. The third-order valence-corrected chi connectivity index (χ3v) is 5.00. The van der Waals surface area contributed by atoms with Crippen molar-refractivity contribution in [1.29, 1.82) is 0 Å². The number of aromatic nitrogens is 1. The van der Waals surface area contributed by atoms with Crippen molar-refractivity contribution in [2.75, 3.05) is 20.1 Å². The number of hydrogen-bond acceptors (Lipinski definition) is 4. The monoisotopic (exact) mass is 376 g/mol. The van der Waals surface area contributed by atoms with E-state index in [1.54, 1.807) is 18.4 Å². The first kappa shape index (κ1) is 18.7. The van der Waals surface area contributed by atoms with Gasteiger partial charge in [0.1, 0.15) is 0 Å². The molecule has 1 atom stereocenters. The number of guanidine groups is 1. The molecule has 0 aliphatic carbocycles. The minimum atomic E-state index is -4.38. The van der Waals surface area contributed by atoms with E-state index < -0.39 is 11.9 Å². The van der Waals surface area contributed by atoms with Gasteiger partial charge in [-0.05, 0) is 28.3 Å². The molecule has 0 radical (unpaired) electrons. The Morgan fingerprint density at radius 1 is 1.33 bits per heavy atom. The molecule has 132 valence electrons. The van der Waals surface area contributed by atoms with Crippen LogP contribution in [0.25, 0.3) is 0 Å².